The van der Waals surface area contributed by atoms with Crippen molar-refractivity contribution in [3.8, 4) is 0 Å². The number of hydrogen-bond acceptors (Lipinski definition) is 4. The lowest BCUT2D eigenvalue weighted by Gasteiger charge is -2.18. The van der Waals surface area contributed by atoms with Crippen LogP contribution in [0.1, 0.15) is 19.3 Å². The summed E-state index contributed by atoms with van der Waals surface area (Å²) in [7, 11) is 0. The molecule has 1 aromatic rings. The molecule has 82 valence electrons. The van der Waals surface area contributed by atoms with E-state index in [2.05, 4.69) is 15.5 Å². The summed E-state index contributed by atoms with van der Waals surface area (Å²) in [4.78, 5) is 0. The second kappa shape index (κ2) is 4.51. The Balaban J connectivity index is 2.12. The van der Waals surface area contributed by atoms with Crippen LogP contribution in [0.5, 0.6) is 0 Å². The molecule has 0 bridgehead atoms. The predicted molar refractivity (Wildman–Crippen MR) is 61.3 cm³/mol. The lowest BCUT2D eigenvalue weighted by molar-refractivity contribution is 0.637. The van der Waals surface area contributed by atoms with Gasteiger partial charge >= 0.3 is 0 Å². The van der Waals surface area contributed by atoms with Gasteiger partial charge in [-0.15, -0.1) is 10.2 Å². The van der Waals surface area contributed by atoms with Crippen LogP contribution in [0.3, 0.4) is 0 Å². The maximum atomic E-state index is 5.94. The third kappa shape index (κ3) is 2.51. The minimum absolute atomic E-state index is 0.174. The number of nitrogens with zero attached hydrogens (tertiary/aromatic N) is 2. The second-order valence-electron chi connectivity index (χ2n) is 3.72. The van der Waals surface area contributed by atoms with Crippen LogP contribution in [0.4, 0.5) is 5.69 Å². The molecule has 1 aliphatic carbocycles. The SMILES string of the molecule is NC1CCCC1Nc1cc(Cl)nnc1Cl. The Labute approximate surface area is 98.2 Å². The van der Waals surface area contributed by atoms with E-state index < -0.39 is 0 Å². The normalized spacial score (nSPS) is 25.5. The molecular formula is C9H12Cl2N4. The van der Waals surface area contributed by atoms with Crippen LogP contribution >= 0.6 is 23.2 Å². The standard InChI is InChI=1S/C9H12Cl2N4/c10-8-4-7(9(11)15-14-8)13-6-3-1-2-5(6)12/h4-6H,1-3,12H2,(H,13,14). The molecule has 1 fully saturated rings. The van der Waals surface area contributed by atoms with E-state index in [4.69, 9.17) is 28.9 Å². The zero-order valence-corrected chi connectivity index (χ0v) is 9.59. The maximum absolute atomic E-state index is 5.94. The van der Waals surface area contributed by atoms with Gasteiger partial charge in [-0.1, -0.05) is 23.2 Å². The van der Waals surface area contributed by atoms with E-state index in [1.54, 1.807) is 6.07 Å². The van der Waals surface area contributed by atoms with E-state index in [1.807, 2.05) is 0 Å². The number of nitrogens with one attached hydrogen (secondary N) is 1. The molecule has 1 aliphatic rings. The van der Waals surface area contributed by atoms with Crippen LogP contribution in [0.2, 0.25) is 10.3 Å². The van der Waals surface area contributed by atoms with Crippen molar-refractivity contribution in [1.82, 2.24) is 10.2 Å². The highest BCUT2D eigenvalue weighted by Gasteiger charge is 2.24. The monoisotopic (exact) mass is 246 g/mol. The van der Waals surface area contributed by atoms with Crippen molar-refractivity contribution in [3.05, 3.63) is 16.4 Å². The van der Waals surface area contributed by atoms with Crippen molar-refractivity contribution in [1.29, 1.82) is 0 Å². The number of nitrogens with two attached hydrogens (primary N) is 1. The molecule has 0 amide bonds. The Morgan fingerprint density at radius 3 is 2.80 bits per heavy atom. The first-order chi connectivity index (χ1) is 7.16. The third-order valence-corrected chi connectivity index (χ3v) is 3.09. The number of rotatable bonds is 2. The van der Waals surface area contributed by atoms with E-state index in [0.717, 1.165) is 19.3 Å². The molecule has 2 unspecified atom stereocenters. The van der Waals surface area contributed by atoms with Crippen molar-refractivity contribution in [2.45, 2.75) is 31.3 Å². The molecule has 2 atom stereocenters. The Kier molecular flexibility index (Phi) is 3.29. The average Bonchev–Trinajstić information content (AvgIpc) is 2.58. The molecule has 1 heterocycles. The first-order valence-electron chi connectivity index (χ1n) is 4.87. The van der Waals surface area contributed by atoms with Gasteiger partial charge in [-0.25, -0.2) is 0 Å². The quantitative estimate of drug-likeness (QED) is 0.839. The van der Waals surface area contributed by atoms with E-state index in [1.165, 1.54) is 0 Å². The summed E-state index contributed by atoms with van der Waals surface area (Å²) < 4.78 is 0. The summed E-state index contributed by atoms with van der Waals surface area (Å²) in [6, 6.07) is 2.10. The molecule has 0 aliphatic heterocycles. The molecule has 6 heteroatoms. The van der Waals surface area contributed by atoms with Gasteiger partial charge in [-0.2, -0.15) is 0 Å². The molecule has 0 spiro atoms. The molecule has 1 aromatic heterocycles. The fourth-order valence-electron chi connectivity index (χ4n) is 1.82. The van der Waals surface area contributed by atoms with Crippen molar-refractivity contribution >= 4 is 28.9 Å². The zero-order chi connectivity index (χ0) is 10.8. The second-order valence-corrected chi connectivity index (χ2v) is 4.46. The van der Waals surface area contributed by atoms with Crippen LogP contribution in [0.15, 0.2) is 6.07 Å². The van der Waals surface area contributed by atoms with Crippen LogP contribution < -0.4 is 11.1 Å². The maximum Gasteiger partial charge on any atom is 0.174 e. The fraction of sp³-hybridized carbons (Fsp3) is 0.556. The minimum Gasteiger partial charge on any atom is -0.378 e. The Hall–Kier alpha value is -0.580. The van der Waals surface area contributed by atoms with Crippen molar-refractivity contribution in [3.63, 3.8) is 0 Å². The highest BCUT2D eigenvalue weighted by atomic mass is 35.5. The molecule has 0 aromatic carbocycles. The number of halogens is 2. The summed E-state index contributed by atoms with van der Waals surface area (Å²) in [6.45, 7) is 0. The van der Waals surface area contributed by atoms with Gasteiger partial charge in [0.15, 0.2) is 10.3 Å². The molecule has 1 saturated carbocycles. The topological polar surface area (TPSA) is 63.8 Å². The van der Waals surface area contributed by atoms with E-state index in [0.29, 0.717) is 16.0 Å². The van der Waals surface area contributed by atoms with Gasteiger partial charge in [-0.05, 0) is 19.3 Å². The van der Waals surface area contributed by atoms with Crippen LogP contribution in [0.25, 0.3) is 0 Å². The van der Waals surface area contributed by atoms with Crippen molar-refractivity contribution in [2.24, 2.45) is 5.73 Å². The highest BCUT2D eigenvalue weighted by molar-refractivity contribution is 6.33. The smallest absolute Gasteiger partial charge is 0.174 e. The summed E-state index contributed by atoms with van der Waals surface area (Å²) in [5.41, 5.74) is 6.65. The van der Waals surface area contributed by atoms with Crippen LogP contribution in [-0.2, 0) is 0 Å². The Morgan fingerprint density at radius 2 is 2.13 bits per heavy atom. The lowest BCUT2D eigenvalue weighted by Crippen LogP contribution is -2.35. The van der Waals surface area contributed by atoms with Crippen molar-refractivity contribution in [2.75, 3.05) is 5.32 Å². The molecule has 0 saturated heterocycles. The summed E-state index contributed by atoms with van der Waals surface area (Å²) >= 11 is 11.6. The van der Waals surface area contributed by atoms with Crippen LogP contribution in [0, 0.1) is 0 Å². The molecule has 2 rings (SSSR count). The summed E-state index contributed by atoms with van der Waals surface area (Å²) in [5.74, 6) is 0. The molecule has 4 nitrogen and oxygen atoms in total. The number of hydrogen-bond donors (Lipinski definition) is 2. The van der Waals surface area contributed by atoms with Gasteiger partial charge in [0, 0.05) is 18.2 Å². The van der Waals surface area contributed by atoms with Gasteiger partial charge in [0.1, 0.15) is 0 Å². The van der Waals surface area contributed by atoms with Crippen molar-refractivity contribution < 1.29 is 0 Å². The minimum atomic E-state index is 0.174. The third-order valence-electron chi connectivity index (χ3n) is 2.63. The van der Waals surface area contributed by atoms with Crippen LogP contribution in [-0.4, -0.2) is 22.3 Å². The first-order valence-corrected chi connectivity index (χ1v) is 5.63. The van der Waals surface area contributed by atoms with Gasteiger partial charge < -0.3 is 11.1 Å². The molecule has 15 heavy (non-hydrogen) atoms. The Bertz CT molecular complexity index is 358. The summed E-state index contributed by atoms with van der Waals surface area (Å²) in [5, 5.41) is 11.3. The predicted octanol–water partition coefficient (Wildman–Crippen LogP) is 2.08. The molecule has 3 N–H and O–H groups in total. The first kappa shape index (κ1) is 10.9. The number of anilines is 1. The van der Waals surface area contributed by atoms with Gasteiger partial charge in [-0.3, -0.25) is 0 Å². The lowest BCUT2D eigenvalue weighted by atomic mass is 10.2. The van der Waals surface area contributed by atoms with Gasteiger partial charge in [0.05, 0.1) is 5.69 Å². The Morgan fingerprint density at radius 1 is 1.33 bits per heavy atom. The zero-order valence-electron chi connectivity index (χ0n) is 8.08. The van der Waals surface area contributed by atoms with E-state index >= 15 is 0 Å². The largest absolute Gasteiger partial charge is 0.378 e. The fourth-order valence-corrected chi connectivity index (χ4v) is 2.12. The molecular weight excluding hydrogens is 235 g/mol. The molecule has 0 radical (unpaired) electrons. The van der Waals surface area contributed by atoms with E-state index in [9.17, 15) is 0 Å². The summed E-state index contributed by atoms with van der Waals surface area (Å²) in [6.07, 6.45) is 3.24. The van der Waals surface area contributed by atoms with Gasteiger partial charge in [0.25, 0.3) is 0 Å². The average molecular weight is 247 g/mol. The van der Waals surface area contributed by atoms with E-state index in [-0.39, 0.29) is 12.1 Å². The van der Waals surface area contributed by atoms with Gasteiger partial charge in [0.2, 0.25) is 0 Å². The highest BCUT2D eigenvalue weighted by Crippen LogP contribution is 2.26. The number of aromatic nitrogens is 2.